The second-order valence-corrected chi connectivity index (χ2v) is 5.46. The number of urea groups is 1. The van der Waals surface area contributed by atoms with Crippen LogP contribution in [0.25, 0.3) is 0 Å². The Morgan fingerprint density at radius 3 is 2.55 bits per heavy atom. The summed E-state index contributed by atoms with van der Waals surface area (Å²) in [6.07, 6.45) is 2.77. The fourth-order valence-electron chi connectivity index (χ4n) is 2.44. The molecular formula is C14H26N2O4. The van der Waals surface area contributed by atoms with E-state index in [1.807, 2.05) is 13.8 Å². The smallest absolute Gasteiger partial charge is 0.315 e. The van der Waals surface area contributed by atoms with Crippen molar-refractivity contribution >= 4 is 12.0 Å². The molecule has 1 aliphatic heterocycles. The van der Waals surface area contributed by atoms with Gasteiger partial charge in [0.1, 0.15) is 0 Å². The molecule has 2 unspecified atom stereocenters. The number of aliphatic carboxylic acids is 1. The van der Waals surface area contributed by atoms with E-state index in [4.69, 9.17) is 9.84 Å². The fourth-order valence-corrected chi connectivity index (χ4v) is 2.44. The summed E-state index contributed by atoms with van der Waals surface area (Å²) in [5.74, 6) is -0.387. The van der Waals surface area contributed by atoms with E-state index in [1.54, 1.807) is 0 Å². The summed E-state index contributed by atoms with van der Waals surface area (Å²) in [6, 6.07) is -0.105. The van der Waals surface area contributed by atoms with Crippen molar-refractivity contribution in [2.45, 2.75) is 45.6 Å². The Bertz CT molecular complexity index is 316. The van der Waals surface area contributed by atoms with E-state index in [0.29, 0.717) is 12.5 Å². The van der Waals surface area contributed by atoms with Gasteiger partial charge in [-0.25, -0.2) is 4.79 Å². The third-order valence-electron chi connectivity index (χ3n) is 3.92. The minimum Gasteiger partial charge on any atom is -0.481 e. The SMILES string of the molecule is CCC(CNC(=O)NC(C)C1CCOCC1)CC(=O)O. The fraction of sp³-hybridized carbons (Fsp3) is 0.857. The van der Waals surface area contributed by atoms with Crippen molar-refractivity contribution in [2.24, 2.45) is 11.8 Å². The number of carboxylic acids is 1. The van der Waals surface area contributed by atoms with Crippen LogP contribution in [0, 0.1) is 11.8 Å². The van der Waals surface area contributed by atoms with Crippen molar-refractivity contribution in [1.82, 2.24) is 10.6 Å². The zero-order chi connectivity index (χ0) is 15.0. The molecule has 1 saturated heterocycles. The predicted octanol–water partition coefficient (Wildman–Crippen LogP) is 1.60. The van der Waals surface area contributed by atoms with Crippen molar-refractivity contribution in [2.75, 3.05) is 19.8 Å². The first kappa shape index (κ1) is 16.8. The van der Waals surface area contributed by atoms with E-state index in [1.165, 1.54) is 0 Å². The maximum absolute atomic E-state index is 11.8. The average Bonchev–Trinajstić information content (AvgIpc) is 2.44. The van der Waals surface area contributed by atoms with Crippen LogP contribution >= 0.6 is 0 Å². The molecule has 1 heterocycles. The van der Waals surface area contributed by atoms with E-state index in [0.717, 1.165) is 32.5 Å². The van der Waals surface area contributed by atoms with Crippen LogP contribution in [0.15, 0.2) is 0 Å². The van der Waals surface area contributed by atoms with Gasteiger partial charge in [-0.1, -0.05) is 13.3 Å². The molecule has 0 saturated carbocycles. The summed E-state index contributed by atoms with van der Waals surface area (Å²) in [5.41, 5.74) is 0. The molecule has 2 atom stereocenters. The summed E-state index contributed by atoms with van der Waals surface area (Å²) in [4.78, 5) is 22.5. The van der Waals surface area contributed by atoms with Crippen LogP contribution in [0.4, 0.5) is 4.79 Å². The Kier molecular flexibility index (Phi) is 7.36. The lowest BCUT2D eigenvalue weighted by Gasteiger charge is -2.28. The number of hydrogen-bond acceptors (Lipinski definition) is 3. The predicted molar refractivity (Wildman–Crippen MR) is 75.6 cm³/mol. The van der Waals surface area contributed by atoms with E-state index in [2.05, 4.69) is 10.6 Å². The largest absolute Gasteiger partial charge is 0.481 e. The number of ether oxygens (including phenoxy) is 1. The van der Waals surface area contributed by atoms with E-state index in [9.17, 15) is 9.59 Å². The number of rotatable bonds is 7. The molecule has 0 aromatic carbocycles. The number of carboxylic acid groups (broad SMARTS) is 1. The number of carbonyl (C=O) groups is 2. The van der Waals surface area contributed by atoms with Gasteiger partial charge in [0.15, 0.2) is 0 Å². The molecule has 0 aromatic heterocycles. The second-order valence-electron chi connectivity index (χ2n) is 5.46. The van der Waals surface area contributed by atoms with Gasteiger partial charge in [-0.15, -0.1) is 0 Å². The maximum atomic E-state index is 11.8. The first-order valence-electron chi connectivity index (χ1n) is 7.36. The van der Waals surface area contributed by atoms with Gasteiger partial charge in [-0.05, 0) is 31.6 Å². The monoisotopic (exact) mass is 286 g/mol. The Labute approximate surface area is 120 Å². The Balaban J connectivity index is 2.26. The zero-order valence-electron chi connectivity index (χ0n) is 12.4. The average molecular weight is 286 g/mol. The standard InChI is InChI=1S/C14H26N2O4/c1-3-11(8-13(17)18)9-15-14(19)16-10(2)12-4-6-20-7-5-12/h10-12H,3-9H2,1-2H3,(H,17,18)(H2,15,16,19). The van der Waals surface area contributed by atoms with E-state index < -0.39 is 5.97 Å². The van der Waals surface area contributed by atoms with E-state index >= 15 is 0 Å². The Morgan fingerprint density at radius 2 is 2.00 bits per heavy atom. The van der Waals surface area contributed by atoms with Gasteiger partial charge in [0, 0.05) is 32.2 Å². The van der Waals surface area contributed by atoms with Gasteiger partial charge in [0.2, 0.25) is 0 Å². The van der Waals surface area contributed by atoms with Crippen molar-refractivity contribution in [3.63, 3.8) is 0 Å². The number of hydrogen-bond donors (Lipinski definition) is 3. The van der Waals surface area contributed by atoms with Gasteiger partial charge in [0.05, 0.1) is 0 Å². The third-order valence-corrected chi connectivity index (χ3v) is 3.92. The summed E-state index contributed by atoms with van der Waals surface area (Å²) in [6.45, 7) is 5.85. The summed E-state index contributed by atoms with van der Waals surface area (Å²) < 4.78 is 5.30. The molecule has 1 rings (SSSR count). The summed E-state index contributed by atoms with van der Waals surface area (Å²) in [7, 11) is 0. The van der Waals surface area contributed by atoms with Crippen LogP contribution in [0.1, 0.15) is 39.5 Å². The minimum atomic E-state index is -0.824. The lowest BCUT2D eigenvalue weighted by Crippen LogP contribution is -2.46. The summed E-state index contributed by atoms with van der Waals surface area (Å²) >= 11 is 0. The molecule has 116 valence electrons. The molecule has 1 aliphatic rings. The molecule has 0 spiro atoms. The number of amides is 2. The van der Waals surface area contributed by atoms with Crippen LogP contribution in [0.2, 0.25) is 0 Å². The van der Waals surface area contributed by atoms with Crippen LogP contribution < -0.4 is 10.6 Å². The number of carbonyl (C=O) groups excluding carboxylic acids is 1. The highest BCUT2D eigenvalue weighted by Gasteiger charge is 2.22. The molecular weight excluding hydrogens is 260 g/mol. The van der Waals surface area contributed by atoms with Gasteiger partial charge in [-0.3, -0.25) is 4.79 Å². The lowest BCUT2D eigenvalue weighted by molar-refractivity contribution is -0.138. The molecule has 0 aliphatic carbocycles. The second kappa shape index (κ2) is 8.79. The van der Waals surface area contributed by atoms with Crippen LogP contribution in [0.5, 0.6) is 0 Å². The maximum Gasteiger partial charge on any atom is 0.315 e. The minimum absolute atomic E-state index is 0.0170. The van der Waals surface area contributed by atoms with Crippen LogP contribution in [-0.2, 0) is 9.53 Å². The third kappa shape index (κ3) is 6.23. The highest BCUT2D eigenvalue weighted by atomic mass is 16.5. The van der Waals surface area contributed by atoms with Crippen molar-refractivity contribution in [1.29, 1.82) is 0 Å². The Hall–Kier alpha value is -1.30. The Morgan fingerprint density at radius 1 is 1.35 bits per heavy atom. The zero-order valence-corrected chi connectivity index (χ0v) is 12.4. The molecule has 6 nitrogen and oxygen atoms in total. The topological polar surface area (TPSA) is 87.7 Å². The lowest BCUT2D eigenvalue weighted by atomic mass is 9.93. The molecule has 20 heavy (non-hydrogen) atoms. The highest BCUT2D eigenvalue weighted by molar-refractivity contribution is 5.74. The van der Waals surface area contributed by atoms with Gasteiger partial charge in [0.25, 0.3) is 0 Å². The van der Waals surface area contributed by atoms with Crippen molar-refractivity contribution < 1.29 is 19.4 Å². The van der Waals surface area contributed by atoms with E-state index in [-0.39, 0.29) is 24.4 Å². The molecule has 2 amide bonds. The van der Waals surface area contributed by atoms with Gasteiger partial charge >= 0.3 is 12.0 Å². The van der Waals surface area contributed by atoms with Crippen LogP contribution in [0.3, 0.4) is 0 Å². The number of nitrogens with one attached hydrogen (secondary N) is 2. The molecule has 1 fully saturated rings. The molecule has 0 bridgehead atoms. The molecule has 6 heteroatoms. The van der Waals surface area contributed by atoms with Crippen LogP contribution in [-0.4, -0.2) is 42.9 Å². The summed E-state index contributed by atoms with van der Waals surface area (Å²) in [5, 5.41) is 14.4. The highest BCUT2D eigenvalue weighted by Crippen LogP contribution is 2.18. The quantitative estimate of drug-likeness (QED) is 0.663. The van der Waals surface area contributed by atoms with Crippen molar-refractivity contribution in [3.05, 3.63) is 0 Å². The molecule has 0 aromatic rings. The van der Waals surface area contributed by atoms with Crippen molar-refractivity contribution in [3.8, 4) is 0 Å². The van der Waals surface area contributed by atoms with Gasteiger partial charge in [-0.2, -0.15) is 0 Å². The normalized spacial score (nSPS) is 19.1. The molecule has 3 N–H and O–H groups in total. The molecule has 0 radical (unpaired) electrons. The van der Waals surface area contributed by atoms with Gasteiger partial charge < -0.3 is 20.5 Å². The first-order valence-corrected chi connectivity index (χ1v) is 7.36. The first-order chi connectivity index (χ1) is 9.52.